The first-order valence-electron chi connectivity index (χ1n) is 9.61. The van der Waals surface area contributed by atoms with Crippen LogP contribution in [-0.4, -0.2) is 48.9 Å². The van der Waals surface area contributed by atoms with Gasteiger partial charge in [-0.05, 0) is 31.2 Å². The SMILES string of the molecule is CN=C(NCCC(=O)Nc1cccc(C)n1)NC1CC(=O)N(c2ccccc2)C1.I. The van der Waals surface area contributed by atoms with Gasteiger partial charge >= 0.3 is 0 Å². The Morgan fingerprint density at radius 1 is 1.20 bits per heavy atom. The van der Waals surface area contributed by atoms with E-state index in [0.29, 0.717) is 31.3 Å². The summed E-state index contributed by atoms with van der Waals surface area (Å²) >= 11 is 0. The van der Waals surface area contributed by atoms with Gasteiger partial charge in [0.15, 0.2) is 5.96 Å². The van der Waals surface area contributed by atoms with Gasteiger partial charge in [-0.2, -0.15) is 0 Å². The topological polar surface area (TPSA) is 98.7 Å². The predicted octanol–water partition coefficient (Wildman–Crippen LogP) is 2.31. The molecule has 1 fully saturated rings. The van der Waals surface area contributed by atoms with Crippen LogP contribution in [0.5, 0.6) is 0 Å². The molecule has 160 valence electrons. The van der Waals surface area contributed by atoms with Crippen molar-refractivity contribution >= 4 is 53.3 Å². The highest BCUT2D eigenvalue weighted by molar-refractivity contribution is 14.0. The van der Waals surface area contributed by atoms with Crippen LogP contribution in [-0.2, 0) is 9.59 Å². The van der Waals surface area contributed by atoms with Crippen LogP contribution in [0.4, 0.5) is 11.5 Å². The van der Waals surface area contributed by atoms with Gasteiger partial charge in [0.1, 0.15) is 5.82 Å². The fourth-order valence-corrected chi connectivity index (χ4v) is 3.16. The molecule has 8 nitrogen and oxygen atoms in total. The number of pyridine rings is 1. The van der Waals surface area contributed by atoms with Gasteiger partial charge in [-0.1, -0.05) is 24.3 Å². The summed E-state index contributed by atoms with van der Waals surface area (Å²) in [6, 6.07) is 15.1. The number of nitrogens with zero attached hydrogens (tertiary/aromatic N) is 3. The minimum atomic E-state index is -0.127. The zero-order chi connectivity index (χ0) is 20.6. The van der Waals surface area contributed by atoms with Crippen LogP contribution >= 0.6 is 24.0 Å². The van der Waals surface area contributed by atoms with E-state index in [0.717, 1.165) is 11.4 Å². The molecule has 30 heavy (non-hydrogen) atoms. The Balaban J connectivity index is 0.00000320. The molecule has 1 aromatic heterocycles. The summed E-state index contributed by atoms with van der Waals surface area (Å²) in [5.41, 5.74) is 1.74. The van der Waals surface area contributed by atoms with E-state index in [9.17, 15) is 9.59 Å². The quantitative estimate of drug-likeness (QED) is 0.307. The van der Waals surface area contributed by atoms with Crippen molar-refractivity contribution in [3.63, 3.8) is 0 Å². The van der Waals surface area contributed by atoms with E-state index in [1.54, 1.807) is 18.0 Å². The van der Waals surface area contributed by atoms with E-state index in [4.69, 9.17) is 0 Å². The lowest BCUT2D eigenvalue weighted by Gasteiger charge is -2.19. The lowest BCUT2D eigenvalue weighted by Crippen LogP contribution is -2.45. The molecule has 1 atom stereocenters. The van der Waals surface area contributed by atoms with Gasteiger partial charge in [0, 0.05) is 44.4 Å². The molecule has 1 aliphatic heterocycles. The molecule has 0 saturated carbocycles. The Labute approximate surface area is 193 Å². The highest BCUT2D eigenvalue weighted by Crippen LogP contribution is 2.20. The Kier molecular flexibility index (Phi) is 9.03. The predicted molar refractivity (Wildman–Crippen MR) is 129 cm³/mol. The molecule has 0 aliphatic carbocycles. The lowest BCUT2D eigenvalue weighted by molar-refractivity contribution is -0.117. The number of guanidine groups is 1. The molecule has 9 heteroatoms. The van der Waals surface area contributed by atoms with Gasteiger partial charge in [-0.25, -0.2) is 4.98 Å². The number of aryl methyl sites for hydroxylation is 1. The third-order valence-electron chi connectivity index (χ3n) is 4.56. The molecule has 3 rings (SSSR count). The molecule has 2 aromatic rings. The molecule has 1 aromatic carbocycles. The fourth-order valence-electron chi connectivity index (χ4n) is 3.16. The summed E-state index contributed by atoms with van der Waals surface area (Å²) in [4.78, 5) is 34.6. The summed E-state index contributed by atoms with van der Waals surface area (Å²) in [5, 5.41) is 9.16. The normalized spacial score (nSPS) is 16.1. The second-order valence-corrected chi connectivity index (χ2v) is 6.85. The van der Waals surface area contributed by atoms with Crippen LogP contribution in [0.2, 0.25) is 0 Å². The zero-order valence-corrected chi connectivity index (χ0v) is 19.4. The lowest BCUT2D eigenvalue weighted by atomic mass is 10.2. The second kappa shape index (κ2) is 11.5. The van der Waals surface area contributed by atoms with Crippen molar-refractivity contribution in [2.75, 3.05) is 30.4 Å². The first-order valence-corrected chi connectivity index (χ1v) is 9.61. The second-order valence-electron chi connectivity index (χ2n) is 6.85. The maximum absolute atomic E-state index is 12.3. The average molecular weight is 522 g/mol. The summed E-state index contributed by atoms with van der Waals surface area (Å²) in [6.07, 6.45) is 0.672. The number of carbonyl (C=O) groups is 2. The molecular formula is C21H27IN6O2. The van der Waals surface area contributed by atoms with Gasteiger partial charge in [0.05, 0.1) is 6.04 Å². The summed E-state index contributed by atoms with van der Waals surface area (Å²) in [6.45, 7) is 2.86. The monoisotopic (exact) mass is 522 g/mol. The van der Waals surface area contributed by atoms with Crippen LogP contribution in [0.25, 0.3) is 0 Å². The van der Waals surface area contributed by atoms with Gasteiger partial charge in [0.25, 0.3) is 0 Å². The van der Waals surface area contributed by atoms with Crippen molar-refractivity contribution in [1.29, 1.82) is 0 Å². The number of rotatable bonds is 6. The van der Waals surface area contributed by atoms with Crippen LogP contribution < -0.4 is 20.9 Å². The Bertz CT molecular complexity index is 890. The van der Waals surface area contributed by atoms with Gasteiger partial charge in [-0.3, -0.25) is 14.6 Å². The highest BCUT2D eigenvalue weighted by Gasteiger charge is 2.31. The van der Waals surface area contributed by atoms with Crippen LogP contribution in [0.1, 0.15) is 18.5 Å². The first-order chi connectivity index (χ1) is 14.0. The van der Waals surface area contributed by atoms with Gasteiger partial charge in [-0.15, -0.1) is 24.0 Å². The summed E-state index contributed by atoms with van der Waals surface area (Å²) < 4.78 is 0. The smallest absolute Gasteiger partial charge is 0.229 e. The Morgan fingerprint density at radius 3 is 2.67 bits per heavy atom. The first kappa shape index (κ1) is 23.6. The molecule has 1 unspecified atom stereocenters. The van der Waals surface area contributed by atoms with Crippen LogP contribution in [0.15, 0.2) is 53.5 Å². The molecule has 2 heterocycles. The number of aromatic nitrogens is 1. The number of hydrogen-bond donors (Lipinski definition) is 3. The number of carbonyl (C=O) groups excluding carboxylic acids is 2. The molecule has 1 saturated heterocycles. The maximum atomic E-state index is 12.3. The summed E-state index contributed by atoms with van der Waals surface area (Å²) in [7, 11) is 1.66. The summed E-state index contributed by atoms with van der Waals surface area (Å²) in [5.74, 6) is 1.06. The van der Waals surface area contributed by atoms with E-state index in [-0.39, 0.29) is 48.3 Å². The van der Waals surface area contributed by atoms with Crippen molar-refractivity contribution in [3.05, 3.63) is 54.2 Å². The van der Waals surface area contributed by atoms with E-state index in [1.807, 2.05) is 49.4 Å². The minimum Gasteiger partial charge on any atom is -0.356 e. The van der Waals surface area contributed by atoms with Crippen LogP contribution in [0, 0.1) is 6.92 Å². The molecule has 2 amide bonds. The highest BCUT2D eigenvalue weighted by atomic mass is 127. The number of nitrogens with one attached hydrogen (secondary N) is 3. The fraction of sp³-hybridized carbons (Fsp3) is 0.333. The number of para-hydroxylation sites is 1. The standard InChI is InChI=1S/C21H26N6O2.HI/c1-15-7-6-10-18(24-15)26-19(28)11-12-23-21(22-2)25-16-13-20(29)27(14-16)17-8-4-3-5-9-17;/h3-10,16H,11-14H2,1-2H3,(H2,22,23,25)(H,24,26,28);1H. The van der Waals surface area contributed by atoms with E-state index in [2.05, 4.69) is 25.9 Å². The van der Waals surface area contributed by atoms with Crippen LogP contribution in [0.3, 0.4) is 0 Å². The third-order valence-corrected chi connectivity index (χ3v) is 4.56. The number of hydrogen-bond acceptors (Lipinski definition) is 4. The molecule has 3 N–H and O–H groups in total. The molecule has 0 spiro atoms. The molecule has 1 aliphatic rings. The number of anilines is 2. The minimum absolute atomic E-state index is 0. The Morgan fingerprint density at radius 2 is 1.97 bits per heavy atom. The van der Waals surface area contributed by atoms with E-state index < -0.39 is 0 Å². The van der Waals surface area contributed by atoms with Crippen molar-refractivity contribution in [2.45, 2.75) is 25.8 Å². The van der Waals surface area contributed by atoms with Crippen molar-refractivity contribution in [2.24, 2.45) is 4.99 Å². The number of halogens is 1. The Hall–Kier alpha value is -2.69. The largest absolute Gasteiger partial charge is 0.356 e. The molecule has 0 radical (unpaired) electrons. The van der Waals surface area contributed by atoms with Crippen molar-refractivity contribution in [3.8, 4) is 0 Å². The maximum Gasteiger partial charge on any atom is 0.229 e. The van der Waals surface area contributed by atoms with Gasteiger partial charge in [0.2, 0.25) is 11.8 Å². The van der Waals surface area contributed by atoms with Crippen molar-refractivity contribution < 1.29 is 9.59 Å². The van der Waals surface area contributed by atoms with E-state index in [1.165, 1.54) is 0 Å². The van der Waals surface area contributed by atoms with Gasteiger partial charge < -0.3 is 20.9 Å². The number of amides is 2. The zero-order valence-electron chi connectivity index (χ0n) is 17.1. The van der Waals surface area contributed by atoms with Crippen molar-refractivity contribution in [1.82, 2.24) is 15.6 Å². The third kappa shape index (κ3) is 6.68. The molecule has 0 bridgehead atoms. The van der Waals surface area contributed by atoms with E-state index >= 15 is 0 Å². The number of benzene rings is 1. The molecular weight excluding hydrogens is 495 g/mol. The average Bonchev–Trinajstić information content (AvgIpc) is 3.08. The number of aliphatic imine (C=N–C) groups is 1.